The summed E-state index contributed by atoms with van der Waals surface area (Å²) in [6.07, 6.45) is 3.99. The molecular weight excluding hydrogens is 413 g/mol. The zero-order valence-corrected chi connectivity index (χ0v) is 19.1. The first-order valence-corrected chi connectivity index (χ1v) is 13.0. The highest BCUT2D eigenvalue weighted by Gasteiger charge is 2.39. The van der Waals surface area contributed by atoms with Gasteiger partial charge in [0.2, 0.25) is 0 Å². The van der Waals surface area contributed by atoms with Crippen LogP contribution in [0.25, 0.3) is 6.08 Å². The van der Waals surface area contributed by atoms with Gasteiger partial charge in [-0.25, -0.2) is 0 Å². The monoisotopic (exact) mass is 441 g/mol. The first kappa shape index (κ1) is 21.0. The van der Waals surface area contributed by atoms with E-state index in [4.69, 9.17) is 4.74 Å². The largest absolute Gasteiger partial charge is 0.378 e. The number of hydrogen-bond acceptors (Lipinski definition) is 3. The lowest BCUT2D eigenvalue weighted by Crippen LogP contribution is -2.36. The molecule has 1 aliphatic heterocycles. The smallest absolute Gasteiger partial charge is 0.169 e. The Kier molecular flexibility index (Phi) is 6.12. The maximum absolute atomic E-state index is 15.1. The van der Waals surface area contributed by atoms with Crippen molar-refractivity contribution in [2.75, 3.05) is 26.3 Å². The maximum atomic E-state index is 15.1. The lowest BCUT2D eigenvalue weighted by molar-refractivity contribution is 0.0548. The minimum absolute atomic E-state index is 0.705. The molecule has 32 heavy (non-hydrogen) atoms. The molecule has 0 unspecified atom stereocenters. The standard InChI is InChI=1S/C28H28NO2P/c30-32(25-12-6-2-7-13-25,26-14-8-3-9-15-26)27-17-16-24(22-23-10-4-1-5-11-23)28(27)29-18-20-31-21-19-29/h1-15,22H,16-21H2. The molecule has 1 aliphatic carbocycles. The molecular formula is C28H28NO2P. The second-order valence-corrected chi connectivity index (χ2v) is 11.0. The molecule has 0 saturated carbocycles. The Labute approximate surface area is 190 Å². The topological polar surface area (TPSA) is 29.5 Å². The fraction of sp³-hybridized carbons (Fsp3) is 0.214. The summed E-state index contributed by atoms with van der Waals surface area (Å²) in [6, 6.07) is 30.5. The molecule has 162 valence electrons. The molecule has 0 amide bonds. The molecule has 0 atom stereocenters. The molecule has 5 rings (SSSR count). The number of allylic oxidation sites excluding steroid dienone is 2. The number of morpholine rings is 1. The van der Waals surface area contributed by atoms with Gasteiger partial charge in [-0.3, -0.25) is 0 Å². The number of hydrogen-bond donors (Lipinski definition) is 0. The van der Waals surface area contributed by atoms with Crippen LogP contribution in [-0.2, 0) is 9.30 Å². The van der Waals surface area contributed by atoms with Gasteiger partial charge in [-0.2, -0.15) is 0 Å². The third kappa shape index (κ3) is 3.99. The fourth-order valence-electron chi connectivity index (χ4n) is 4.78. The SMILES string of the molecule is O=P(C1=C(N2CCOCC2)C(=Cc2ccccc2)CC1)(c1ccccc1)c1ccccc1. The maximum Gasteiger partial charge on any atom is 0.169 e. The normalized spacial score (nSPS) is 18.4. The third-order valence-corrected chi connectivity index (χ3v) is 9.54. The van der Waals surface area contributed by atoms with Crippen molar-refractivity contribution in [3.8, 4) is 0 Å². The zero-order valence-electron chi connectivity index (χ0n) is 18.2. The average molecular weight is 442 g/mol. The van der Waals surface area contributed by atoms with Crippen molar-refractivity contribution in [2.24, 2.45) is 0 Å². The predicted molar refractivity (Wildman–Crippen MR) is 133 cm³/mol. The van der Waals surface area contributed by atoms with E-state index in [0.29, 0.717) is 13.2 Å². The zero-order chi connectivity index (χ0) is 21.8. The first-order chi connectivity index (χ1) is 15.8. The Morgan fingerprint density at radius 2 is 1.25 bits per heavy atom. The molecule has 4 heteroatoms. The van der Waals surface area contributed by atoms with E-state index in [0.717, 1.165) is 41.9 Å². The summed E-state index contributed by atoms with van der Waals surface area (Å²) in [5.41, 5.74) is 3.64. The molecule has 3 aromatic rings. The summed E-state index contributed by atoms with van der Waals surface area (Å²) in [5.74, 6) is 0. The third-order valence-electron chi connectivity index (χ3n) is 6.30. The van der Waals surface area contributed by atoms with Crippen LogP contribution in [0.1, 0.15) is 18.4 Å². The lowest BCUT2D eigenvalue weighted by Gasteiger charge is -2.33. The van der Waals surface area contributed by atoms with Crippen LogP contribution in [-0.4, -0.2) is 31.2 Å². The molecule has 1 fully saturated rings. The fourth-order valence-corrected chi connectivity index (χ4v) is 7.90. The van der Waals surface area contributed by atoms with E-state index < -0.39 is 7.14 Å². The summed E-state index contributed by atoms with van der Waals surface area (Å²) in [7, 11) is -2.98. The Morgan fingerprint density at radius 1 is 0.719 bits per heavy atom. The van der Waals surface area contributed by atoms with Gasteiger partial charge in [0.15, 0.2) is 7.14 Å². The van der Waals surface area contributed by atoms with E-state index in [9.17, 15) is 0 Å². The van der Waals surface area contributed by atoms with Gasteiger partial charge in [-0.05, 0) is 30.1 Å². The molecule has 2 aliphatic rings. The van der Waals surface area contributed by atoms with Crippen LogP contribution in [0.2, 0.25) is 0 Å². The minimum Gasteiger partial charge on any atom is -0.378 e. The van der Waals surface area contributed by atoms with Crippen molar-refractivity contribution < 1.29 is 9.30 Å². The quantitative estimate of drug-likeness (QED) is 0.495. The molecule has 0 spiro atoms. The van der Waals surface area contributed by atoms with Gasteiger partial charge in [-0.1, -0.05) is 91.0 Å². The summed E-state index contributed by atoms with van der Waals surface area (Å²) in [5, 5.41) is 2.90. The first-order valence-electron chi connectivity index (χ1n) is 11.3. The second kappa shape index (κ2) is 9.32. The molecule has 1 saturated heterocycles. The Morgan fingerprint density at radius 3 is 1.81 bits per heavy atom. The number of benzene rings is 3. The number of ether oxygens (including phenoxy) is 1. The minimum atomic E-state index is -2.98. The predicted octanol–water partition coefficient (Wildman–Crippen LogP) is 5.42. The molecule has 3 aromatic carbocycles. The van der Waals surface area contributed by atoms with Crippen LogP contribution < -0.4 is 10.6 Å². The van der Waals surface area contributed by atoms with Gasteiger partial charge in [0.05, 0.1) is 13.2 Å². The van der Waals surface area contributed by atoms with E-state index in [1.165, 1.54) is 16.8 Å². The van der Waals surface area contributed by atoms with Gasteiger partial charge in [0, 0.05) is 34.7 Å². The molecule has 0 aromatic heterocycles. The molecule has 3 nitrogen and oxygen atoms in total. The van der Waals surface area contributed by atoms with Crippen LogP contribution in [0.15, 0.2) is 108 Å². The highest BCUT2D eigenvalue weighted by Crippen LogP contribution is 2.59. The number of nitrogens with zero attached hydrogens (tertiary/aromatic N) is 1. The summed E-state index contributed by atoms with van der Waals surface area (Å²) >= 11 is 0. The van der Waals surface area contributed by atoms with Crippen LogP contribution in [0.4, 0.5) is 0 Å². The Bertz CT molecular complexity index is 1120. The van der Waals surface area contributed by atoms with Crippen molar-refractivity contribution >= 4 is 23.8 Å². The second-order valence-electron chi connectivity index (χ2n) is 8.26. The van der Waals surface area contributed by atoms with Crippen molar-refractivity contribution in [3.63, 3.8) is 0 Å². The van der Waals surface area contributed by atoms with E-state index in [1.54, 1.807) is 0 Å². The summed E-state index contributed by atoms with van der Waals surface area (Å²) < 4.78 is 20.8. The Hall–Kier alpha value is -2.87. The van der Waals surface area contributed by atoms with E-state index >= 15 is 4.57 Å². The van der Waals surface area contributed by atoms with Crippen LogP contribution >= 0.6 is 7.14 Å². The van der Waals surface area contributed by atoms with Gasteiger partial charge in [-0.15, -0.1) is 0 Å². The molecule has 0 bridgehead atoms. The van der Waals surface area contributed by atoms with Crippen molar-refractivity contribution in [1.29, 1.82) is 0 Å². The lowest BCUT2D eigenvalue weighted by atomic mass is 10.1. The van der Waals surface area contributed by atoms with Crippen molar-refractivity contribution in [2.45, 2.75) is 12.8 Å². The highest BCUT2D eigenvalue weighted by molar-refractivity contribution is 7.82. The summed E-state index contributed by atoms with van der Waals surface area (Å²) in [4.78, 5) is 2.40. The van der Waals surface area contributed by atoms with Gasteiger partial charge < -0.3 is 14.2 Å². The molecule has 1 heterocycles. The van der Waals surface area contributed by atoms with E-state index in [-0.39, 0.29) is 0 Å². The van der Waals surface area contributed by atoms with E-state index in [1.807, 2.05) is 66.7 Å². The van der Waals surface area contributed by atoms with Crippen LogP contribution in [0.3, 0.4) is 0 Å². The summed E-state index contributed by atoms with van der Waals surface area (Å²) in [6.45, 7) is 3.07. The highest BCUT2D eigenvalue weighted by atomic mass is 31.2. The average Bonchev–Trinajstić information content (AvgIpc) is 3.29. The van der Waals surface area contributed by atoms with Crippen LogP contribution in [0, 0.1) is 0 Å². The van der Waals surface area contributed by atoms with Crippen molar-refractivity contribution in [1.82, 2.24) is 4.90 Å². The molecule has 0 N–H and O–H groups in total. The van der Waals surface area contributed by atoms with Gasteiger partial charge >= 0.3 is 0 Å². The number of rotatable bonds is 5. The Balaban J connectivity index is 1.73. The van der Waals surface area contributed by atoms with Crippen LogP contribution in [0.5, 0.6) is 0 Å². The van der Waals surface area contributed by atoms with E-state index in [2.05, 4.69) is 35.2 Å². The van der Waals surface area contributed by atoms with Gasteiger partial charge in [0.1, 0.15) is 0 Å². The van der Waals surface area contributed by atoms with Crippen molar-refractivity contribution in [3.05, 3.63) is 113 Å². The molecule has 0 radical (unpaired) electrons. The van der Waals surface area contributed by atoms with Gasteiger partial charge in [0.25, 0.3) is 0 Å².